The molecule has 0 aromatic heterocycles. The summed E-state index contributed by atoms with van der Waals surface area (Å²) in [6.45, 7) is 10.7. The first-order chi connectivity index (χ1) is 6.11. The van der Waals surface area contributed by atoms with Crippen molar-refractivity contribution in [1.82, 2.24) is 0 Å². The van der Waals surface area contributed by atoms with Gasteiger partial charge in [0.25, 0.3) is 0 Å². The van der Waals surface area contributed by atoms with E-state index in [4.69, 9.17) is 0 Å². The van der Waals surface area contributed by atoms with Crippen molar-refractivity contribution in [3.8, 4) is 0 Å². The molecule has 1 rings (SSSR count). The van der Waals surface area contributed by atoms with Gasteiger partial charge in [0, 0.05) is 0 Å². The minimum atomic E-state index is -0.0289. The third kappa shape index (κ3) is 4.12. The topological polar surface area (TPSA) is 20.2 Å². The molecule has 0 unspecified atom stereocenters. The van der Waals surface area contributed by atoms with Gasteiger partial charge in [0.15, 0.2) is 0 Å². The van der Waals surface area contributed by atoms with E-state index in [2.05, 4.69) is 20.8 Å². The number of rotatable bonds is 1. The summed E-state index contributed by atoms with van der Waals surface area (Å²) in [7, 11) is 0. The highest BCUT2D eigenvalue weighted by Gasteiger charge is 2.28. The zero-order valence-electron chi connectivity index (χ0n) is 9.88. The molecule has 0 bridgehead atoms. The molecule has 80 valence electrons. The van der Waals surface area contributed by atoms with Crippen LogP contribution in [0, 0.1) is 17.8 Å². The lowest BCUT2D eigenvalue weighted by molar-refractivity contribution is 0.0266. The van der Waals surface area contributed by atoms with Gasteiger partial charge in [0.1, 0.15) is 0 Å². The van der Waals surface area contributed by atoms with E-state index in [0.29, 0.717) is 11.8 Å². The van der Waals surface area contributed by atoms with E-state index in [1.807, 2.05) is 13.8 Å². The summed E-state index contributed by atoms with van der Waals surface area (Å²) in [5.74, 6) is 1.95. The van der Waals surface area contributed by atoms with Gasteiger partial charge in [0.2, 0.25) is 0 Å². The zero-order chi connectivity index (χ0) is 10.4. The number of aliphatic hydroxyl groups is 1. The van der Waals surface area contributed by atoms with Crippen molar-refractivity contribution in [2.45, 2.75) is 60.0 Å². The first-order valence-corrected chi connectivity index (χ1v) is 5.79. The predicted octanol–water partition coefficient (Wildman–Crippen LogP) is 3.47. The van der Waals surface area contributed by atoms with Gasteiger partial charge in [-0.05, 0) is 30.6 Å². The Morgan fingerprint density at radius 3 is 2.08 bits per heavy atom. The van der Waals surface area contributed by atoms with Crippen LogP contribution in [0.3, 0.4) is 0 Å². The van der Waals surface area contributed by atoms with Crippen LogP contribution < -0.4 is 0 Å². The van der Waals surface area contributed by atoms with Gasteiger partial charge in [-0.15, -0.1) is 0 Å². The fraction of sp³-hybridized carbons (Fsp3) is 1.00. The molecule has 1 N–H and O–H groups in total. The molecule has 1 nitrogen and oxygen atoms in total. The summed E-state index contributed by atoms with van der Waals surface area (Å²) in [5, 5.41) is 9.71. The quantitative estimate of drug-likeness (QED) is 0.665. The Bertz CT molecular complexity index is 120. The summed E-state index contributed by atoms with van der Waals surface area (Å²) in [5.41, 5.74) is 0. The van der Waals surface area contributed by atoms with Crippen LogP contribution in [0.4, 0.5) is 0 Å². The highest BCUT2D eigenvalue weighted by atomic mass is 16.3. The first-order valence-electron chi connectivity index (χ1n) is 5.79. The van der Waals surface area contributed by atoms with Crippen LogP contribution in [0.1, 0.15) is 53.9 Å². The predicted molar refractivity (Wildman–Crippen MR) is 58.7 cm³/mol. The molecular formula is C12H26O. The minimum absolute atomic E-state index is 0.0289. The largest absolute Gasteiger partial charge is 0.393 e. The smallest absolute Gasteiger partial charge is 0.0573 e. The molecule has 1 fully saturated rings. The molecule has 1 heteroatoms. The van der Waals surface area contributed by atoms with Gasteiger partial charge in [-0.1, -0.05) is 41.0 Å². The molecular weight excluding hydrogens is 160 g/mol. The Kier molecular flexibility index (Phi) is 6.40. The van der Waals surface area contributed by atoms with Crippen LogP contribution in [0.5, 0.6) is 0 Å². The second kappa shape index (κ2) is 6.42. The Morgan fingerprint density at radius 1 is 1.15 bits per heavy atom. The fourth-order valence-corrected chi connectivity index (χ4v) is 2.15. The van der Waals surface area contributed by atoms with Crippen LogP contribution in [0.15, 0.2) is 0 Å². The van der Waals surface area contributed by atoms with Gasteiger partial charge in [-0.25, -0.2) is 0 Å². The lowest BCUT2D eigenvalue weighted by Crippen LogP contribution is -2.31. The molecule has 0 amide bonds. The van der Waals surface area contributed by atoms with Gasteiger partial charge in [0.05, 0.1) is 6.10 Å². The highest BCUT2D eigenvalue weighted by molar-refractivity contribution is 4.79. The first kappa shape index (κ1) is 13.0. The van der Waals surface area contributed by atoms with Crippen molar-refractivity contribution < 1.29 is 5.11 Å². The minimum Gasteiger partial charge on any atom is -0.393 e. The van der Waals surface area contributed by atoms with Crippen LogP contribution in [0.2, 0.25) is 0 Å². The molecule has 0 aromatic rings. The standard InChI is InChI=1S/C10H20O.C2H6/c1-7(2)9-5-4-8(3)6-10(9)11;1-2/h7-11H,4-6H2,1-3H3;1-2H3/t8-,9+,10-;/m1./s1. The van der Waals surface area contributed by atoms with E-state index in [-0.39, 0.29) is 6.10 Å². The van der Waals surface area contributed by atoms with Gasteiger partial charge < -0.3 is 5.11 Å². The molecule has 0 aromatic carbocycles. The Balaban J connectivity index is 0.000000671. The van der Waals surface area contributed by atoms with E-state index in [1.54, 1.807) is 0 Å². The third-order valence-electron chi connectivity index (χ3n) is 2.99. The summed E-state index contributed by atoms with van der Waals surface area (Å²) in [4.78, 5) is 0. The second-order valence-electron chi connectivity index (χ2n) is 4.39. The Labute approximate surface area is 83.5 Å². The number of aliphatic hydroxyl groups excluding tert-OH is 1. The third-order valence-corrected chi connectivity index (χ3v) is 2.99. The molecule has 0 aliphatic heterocycles. The van der Waals surface area contributed by atoms with Crippen molar-refractivity contribution in [3.63, 3.8) is 0 Å². The van der Waals surface area contributed by atoms with E-state index >= 15 is 0 Å². The SMILES string of the molecule is CC.CC(C)[C@@H]1CC[C@@H](C)C[C@H]1O. The fourth-order valence-electron chi connectivity index (χ4n) is 2.15. The van der Waals surface area contributed by atoms with Crippen LogP contribution in [0.25, 0.3) is 0 Å². The van der Waals surface area contributed by atoms with Crippen LogP contribution in [-0.2, 0) is 0 Å². The van der Waals surface area contributed by atoms with E-state index in [9.17, 15) is 5.11 Å². The van der Waals surface area contributed by atoms with Gasteiger partial charge in [-0.2, -0.15) is 0 Å². The average Bonchev–Trinajstić information content (AvgIpc) is 2.07. The van der Waals surface area contributed by atoms with E-state index < -0.39 is 0 Å². The molecule has 0 spiro atoms. The molecule has 1 aliphatic rings. The molecule has 3 atom stereocenters. The summed E-state index contributed by atoms with van der Waals surface area (Å²) in [6, 6.07) is 0. The summed E-state index contributed by atoms with van der Waals surface area (Å²) in [6.07, 6.45) is 3.52. The van der Waals surface area contributed by atoms with Gasteiger partial charge in [-0.3, -0.25) is 0 Å². The highest BCUT2D eigenvalue weighted by Crippen LogP contribution is 2.33. The maximum atomic E-state index is 9.71. The molecule has 0 heterocycles. The summed E-state index contributed by atoms with van der Waals surface area (Å²) >= 11 is 0. The molecule has 13 heavy (non-hydrogen) atoms. The summed E-state index contributed by atoms with van der Waals surface area (Å²) < 4.78 is 0. The van der Waals surface area contributed by atoms with Crippen molar-refractivity contribution in [3.05, 3.63) is 0 Å². The number of hydrogen-bond acceptors (Lipinski definition) is 1. The second-order valence-corrected chi connectivity index (χ2v) is 4.39. The van der Waals surface area contributed by atoms with E-state index in [1.165, 1.54) is 12.8 Å². The Hall–Kier alpha value is -0.0400. The molecule has 0 saturated heterocycles. The average molecular weight is 186 g/mol. The number of hydrogen-bond donors (Lipinski definition) is 1. The van der Waals surface area contributed by atoms with Gasteiger partial charge >= 0.3 is 0 Å². The van der Waals surface area contributed by atoms with Crippen LogP contribution >= 0.6 is 0 Å². The lowest BCUT2D eigenvalue weighted by Gasteiger charge is -2.33. The van der Waals surface area contributed by atoms with Crippen molar-refractivity contribution in [1.29, 1.82) is 0 Å². The normalized spacial score (nSPS) is 33.9. The maximum Gasteiger partial charge on any atom is 0.0573 e. The van der Waals surface area contributed by atoms with Crippen molar-refractivity contribution in [2.75, 3.05) is 0 Å². The molecule has 1 saturated carbocycles. The maximum absolute atomic E-state index is 9.71. The monoisotopic (exact) mass is 186 g/mol. The van der Waals surface area contributed by atoms with E-state index in [0.717, 1.165) is 12.3 Å². The van der Waals surface area contributed by atoms with Crippen LogP contribution in [-0.4, -0.2) is 11.2 Å². The molecule has 0 radical (unpaired) electrons. The lowest BCUT2D eigenvalue weighted by atomic mass is 9.75. The van der Waals surface area contributed by atoms with Crippen molar-refractivity contribution in [2.24, 2.45) is 17.8 Å². The molecule has 1 aliphatic carbocycles. The Morgan fingerprint density at radius 2 is 1.69 bits per heavy atom. The van der Waals surface area contributed by atoms with Crippen molar-refractivity contribution >= 4 is 0 Å². The zero-order valence-corrected chi connectivity index (χ0v) is 9.88.